The summed E-state index contributed by atoms with van der Waals surface area (Å²) in [6, 6.07) is -6.74. The van der Waals surface area contributed by atoms with Crippen LogP contribution in [-0.2, 0) is 123 Å². The number of anilines is 2. The number of benzene rings is 2. The molecule has 0 saturated carbocycles. The summed E-state index contributed by atoms with van der Waals surface area (Å²) in [6.45, 7) is 9.22. The minimum absolute atomic E-state index is 0.00299. The number of rotatable bonds is 29. The maximum atomic E-state index is 15.0. The van der Waals surface area contributed by atoms with E-state index in [2.05, 4.69) is 110 Å². The molecular weight excluding hydrogens is 2000 g/mol. The second kappa shape index (κ2) is 53.6. The molecule has 7 aliphatic rings. The van der Waals surface area contributed by atoms with Crippen LogP contribution in [0, 0.1) is 35.5 Å². The number of hydrogen-bond donors (Lipinski definition) is 25. The van der Waals surface area contributed by atoms with Gasteiger partial charge in [-0.05, 0) is 90.5 Å². The van der Waals surface area contributed by atoms with E-state index in [0.29, 0.717) is 34.6 Å². The standard InChI is InChI=1S/C95H135N26O25PS2/c1-9-46(5)58-36-98-74(128)38-102-84(136)62-32-56-54-28-50(18-20-60(54)115-92(56)148-44-66(109-76(130)40-100-82(58)134)86(138)113-64(34-70(96)124)94(144)120-42-52(122)30-68(120)88(140)117-80(48(7)11-3)90(142)111-62)107-72(126)16-13-24-104-147(146,106-26-15-27-119-78(132)22-23-79(119)133)105-25-14-17-73(127)108-51-19-21-61-55(29-51)57-33-63-85(137)103-39-75(129)99-37-59(47(6)10-2)83(135)101-41-77(131)110-67(45-149-93(57)116-61)87(139)114-65(35-71(97)125)95(145)121-43-53(123)31-69(121)89(141)118-81(49(8)12-4)91(143)112-63/h18-23,28-29,46-49,52-53,58-59,62-69,80-81,115-116,122-123H,9-17,24-27,30-45H2,1-8H3,(H2,96,124)(H2,97,125)(H,98,128)(H,99,129)(H,100,134)(H,101,135)(H,102,136)(H,103,137)(H,107,126)(H,108,127)(H,109,130)(H,110,131)(H,111,142)(H,112,143)(H,113,138)(H,114,139)(H,117,140)(H,118,141)(H3,104,105,106,146)/t46-,47-,48?,49?,52+,53+,58-,59-,62-,63-,64-,65?,66-,67-,68-,69-,80-,81-,147?/m0/s1. The van der Waals surface area contributed by atoms with Gasteiger partial charge in [0.2, 0.25) is 118 Å². The predicted molar refractivity (Wildman–Crippen MR) is 541 cm³/mol. The van der Waals surface area contributed by atoms with Crippen LogP contribution < -0.4 is 112 Å². The molecule has 0 radical (unpaired) electrons. The number of aromatic nitrogens is 2. The van der Waals surface area contributed by atoms with E-state index in [-0.39, 0.29) is 141 Å². The van der Waals surface area contributed by atoms with Crippen LogP contribution in [0.5, 0.6) is 0 Å². The molecule has 7 aliphatic heterocycles. The summed E-state index contributed by atoms with van der Waals surface area (Å²) >= 11 is 1.82. The number of aliphatic hydroxyl groups excluding tert-OH is 2. The van der Waals surface area contributed by atoms with Gasteiger partial charge in [0, 0.05) is 148 Å². The third kappa shape index (κ3) is 31.6. The van der Waals surface area contributed by atoms with Gasteiger partial charge in [0.05, 0.1) is 73.1 Å². The van der Waals surface area contributed by atoms with E-state index in [9.17, 15) is 106 Å². The maximum Gasteiger partial charge on any atom is 0.279 e. The molecule has 0 spiro atoms. The van der Waals surface area contributed by atoms with Gasteiger partial charge in [-0.25, -0.2) is 15.3 Å². The number of carbonyl (C=O) groups is 22. The lowest BCUT2D eigenvalue weighted by Crippen LogP contribution is -2.60. The van der Waals surface area contributed by atoms with Gasteiger partial charge in [-0.15, -0.1) is 23.5 Å². The van der Waals surface area contributed by atoms with Crippen molar-refractivity contribution in [2.75, 3.05) is 101 Å². The fourth-order valence-corrected chi connectivity index (χ4v) is 22.2. The molecule has 54 heteroatoms. The number of primary amides is 2. The Morgan fingerprint density at radius 1 is 0.436 bits per heavy atom. The van der Waals surface area contributed by atoms with Crippen molar-refractivity contribution in [1.29, 1.82) is 0 Å². The summed E-state index contributed by atoms with van der Waals surface area (Å²) in [4.78, 5) is 320. The molecule has 51 nitrogen and oxygen atoms in total. The highest BCUT2D eigenvalue weighted by Crippen LogP contribution is 2.38. The van der Waals surface area contributed by atoms with Crippen molar-refractivity contribution in [1.82, 2.24) is 114 Å². The highest BCUT2D eigenvalue weighted by atomic mass is 32.2. The minimum Gasteiger partial charge on any atom is -0.391 e. The van der Waals surface area contributed by atoms with Crippen LogP contribution >= 0.6 is 31.1 Å². The van der Waals surface area contributed by atoms with E-state index < -0.39 is 310 Å². The van der Waals surface area contributed by atoms with Crippen molar-refractivity contribution in [2.24, 2.45) is 47.0 Å². The highest BCUT2D eigenvalue weighted by Gasteiger charge is 2.48. The number of aromatic amines is 2. The Hall–Kier alpha value is -13.5. The molecule has 4 aromatic rings. The number of hydrogen-bond acceptors (Lipinski definition) is 27. The molecular formula is C95H135N26O25PS2. The van der Waals surface area contributed by atoms with E-state index in [4.69, 9.17) is 11.5 Å². The summed E-state index contributed by atoms with van der Waals surface area (Å²) in [7, 11) is -3.96. The second-order valence-corrected chi connectivity index (χ2v) is 42.6. The first-order valence-corrected chi connectivity index (χ1v) is 53.7. The third-order valence-electron chi connectivity index (χ3n) is 27.5. The number of nitrogens with two attached hydrogens (primary N) is 2. The van der Waals surface area contributed by atoms with E-state index >= 15 is 14.2 Å². The first kappa shape index (κ1) is 116. The predicted octanol–water partition coefficient (Wildman–Crippen LogP) is -5.03. The molecule has 9 heterocycles. The topological polar surface area (TPSA) is 755 Å². The van der Waals surface area contributed by atoms with Crippen LogP contribution in [0.3, 0.4) is 0 Å². The van der Waals surface area contributed by atoms with E-state index in [1.807, 2.05) is 0 Å². The number of imide groups is 1. The van der Waals surface area contributed by atoms with E-state index in [1.165, 1.54) is 12.1 Å². The summed E-state index contributed by atoms with van der Waals surface area (Å²) in [6.07, 6.45) is -2.62. The van der Waals surface area contributed by atoms with Crippen molar-refractivity contribution in [3.05, 3.63) is 59.7 Å². The molecule has 19 atom stereocenters. The lowest BCUT2D eigenvalue weighted by atomic mass is 9.90. The molecule has 2 aromatic carbocycles. The number of aliphatic hydroxyl groups is 2. The first-order chi connectivity index (χ1) is 70.8. The van der Waals surface area contributed by atoms with Gasteiger partial charge in [0.25, 0.3) is 19.4 Å². The Morgan fingerprint density at radius 2 is 0.805 bits per heavy atom. The SMILES string of the molecule is CCC(C)[C@@H]1NC(=O)[C@@H]2C[C@@H](O)CN2C(=O)C(CC(N)=O)NC(=O)[C@@H]2CSc3[nH]c4ccc(NC(=O)CCCNP(=O)(NCCCC(=O)Nc5ccc6[nH]c7c(c6c5)C[C@@H]5NC(=O)[C@H](C(C)CC)NC(=O)[C@@H]6C[C@@H](O)CN6C(=O)[C@H](CC(N)=O)NC(=O)[C@H](CS7)NC(=O)CNC(=O)[C@H]([C@@H](C)CC)CNC(=O)CNC5=O)NCCCN5C(=O)C=CC5=O)cc4c3C[C@H](NC1=O)C(=O)NCC(=O)NC[C@@H]([C@@H](C)CC)C(=O)NCC(=O)N2. The van der Waals surface area contributed by atoms with Crippen LogP contribution in [0.2, 0.25) is 0 Å². The molecule has 22 amide bonds. The smallest absolute Gasteiger partial charge is 0.279 e. The van der Waals surface area contributed by atoms with Crippen LogP contribution in [0.4, 0.5) is 11.4 Å². The molecule has 4 unspecified atom stereocenters. The number of thioether (sulfide) groups is 2. The van der Waals surface area contributed by atoms with Gasteiger partial charge in [0.1, 0.15) is 60.4 Å². The fourth-order valence-electron chi connectivity index (χ4n) is 18.2. The summed E-state index contributed by atoms with van der Waals surface area (Å²) in [5, 5.41) is 74.5. The molecule has 27 N–H and O–H groups in total. The van der Waals surface area contributed by atoms with Gasteiger partial charge in [0.15, 0.2) is 0 Å². The normalized spacial score (nSPS) is 25.8. The second-order valence-electron chi connectivity index (χ2n) is 38.4. The van der Waals surface area contributed by atoms with Crippen LogP contribution in [-0.4, -0.2) is 328 Å². The zero-order valence-corrected chi connectivity index (χ0v) is 86.6. The zero-order chi connectivity index (χ0) is 109. The quantitative estimate of drug-likeness (QED) is 0.0137. The Balaban J connectivity index is 0.842. The number of nitrogens with zero attached hydrogens (tertiary/aromatic N) is 3. The first-order valence-electron chi connectivity index (χ1n) is 50.0. The molecule has 2 aromatic heterocycles. The number of nitrogens with one attached hydrogen (secondary N) is 21. The molecule has 2 saturated heterocycles. The molecule has 11 rings (SSSR count). The Bertz CT molecular complexity index is 5510. The highest BCUT2D eigenvalue weighted by molar-refractivity contribution is 7.99. The summed E-state index contributed by atoms with van der Waals surface area (Å²) < 4.78 is 15.0. The Labute approximate surface area is 866 Å². The van der Waals surface area contributed by atoms with Gasteiger partial charge in [-0.1, -0.05) is 81.1 Å². The molecule has 149 heavy (non-hydrogen) atoms. The van der Waals surface area contributed by atoms with Crippen molar-refractivity contribution < 1.29 is 120 Å². The molecule has 0 aliphatic carbocycles. The van der Waals surface area contributed by atoms with Gasteiger partial charge < -0.3 is 127 Å². The van der Waals surface area contributed by atoms with Crippen molar-refractivity contribution in [2.45, 2.75) is 234 Å². The fraction of sp³-hybridized carbons (Fsp3) is 0.579. The van der Waals surface area contributed by atoms with Crippen molar-refractivity contribution in [3.8, 4) is 0 Å². The Morgan fingerprint density at radius 3 is 1.18 bits per heavy atom. The van der Waals surface area contributed by atoms with Crippen LogP contribution in [0.25, 0.3) is 21.8 Å². The zero-order valence-electron chi connectivity index (χ0n) is 84.1. The Kier molecular flexibility index (Phi) is 41.7. The average Bonchev–Trinajstić information content (AvgIpc) is 1.63. The van der Waals surface area contributed by atoms with E-state index in [0.717, 1.165) is 50.4 Å². The lowest BCUT2D eigenvalue weighted by Gasteiger charge is -2.31. The van der Waals surface area contributed by atoms with Gasteiger partial charge >= 0.3 is 0 Å². The number of amides is 22. The minimum atomic E-state index is -3.96. The summed E-state index contributed by atoms with van der Waals surface area (Å²) in [5.74, 6) is -23.5. The lowest BCUT2D eigenvalue weighted by molar-refractivity contribution is -0.143. The summed E-state index contributed by atoms with van der Waals surface area (Å²) in [5.41, 5.74) is 12.9. The number of carbonyl (C=O) groups excluding carboxylic acids is 22. The van der Waals surface area contributed by atoms with Crippen molar-refractivity contribution >= 4 is 194 Å². The number of fused-ring (bicyclic) bond motifs is 10. The molecule has 812 valence electrons. The maximum absolute atomic E-state index is 15.0. The third-order valence-corrected chi connectivity index (χ3v) is 31.8. The van der Waals surface area contributed by atoms with Gasteiger partial charge in [-0.3, -0.25) is 115 Å². The number of H-pyrrole nitrogens is 2. The van der Waals surface area contributed by atoms with Crippen molar-refractivity contribution in [3.63, 3.8) is 0 Å². The average molecular weight is 2140 g/mol. The largest absolute Gasteiger partial charge is 0.391 e. The van der Waals surface area contributed by atoms with Crippen LogP contribution in [0.1, 0.15) is 150 Å². The monoisotopic (exact) mass is 2130 g/mol. The van der Waals surface area contributed by atoms with Crippen LogP contribution in [0.15, 0.2) is 58.6 Å². The van der Waals surface area contributed by atoms with Gasteiger partial charge in [-0.2, -0.15) is 0 Å². The molecule has 4 bridgehead atoms. The van der Waals surface area contributed by atoms with E-state index in [1.54, 1.807) is 79.7 Å². The molecule has 2 fully saturated rings.